The Kier molecular flexibility index (Phi) is 5.83. The van der Waals surface area contributed by atoms with Crippen molar-refractivity contribution in [1.82, 2.24) is 9.88 Å². The predicted molar refractivity (Wildman–Crippen MR) is 111 cm³/mol. The molecule has 0 saturated heterocycles. The van der Waals surface area contributed by atoms with E-state index in [0.717, 1.165) is 27.8 Å². The molecule has 5 nitrogen and oxygen atoms in total. The van der Waals surface area contributed by atoms with Crippen LogP contribution >= 0.6 is 23.1 Å². The van der Waals surface area contributed by atoms with Crippen LogP contribution in [0.15, 0.2) is 64.3 Å². The molecule has 7 heteroatoms. The molecule has 28 heavy (non-hydrogen) atoms. The number of benzene rings is 2. The molecule has 1 aliphatic rings. The lowest BCUT2D eigenvalue weighted by atomic mass is 10.2. The largest absolute Gasteiger partial charge is 0.486 e. The fourth-order valence-electron chi connectivity index (χ4n) is 2.98. The van der Waals surface area contributed by atoms with E-state index in [1.54, 1.807) is 35.0 Å². The van der Waals surface area contributed by atoms with Gasteiger partial charge in [0.15, 0.2) is 17.6 Å². The van der Waals surface area contributed by atoms with Gasteiger partial charge in [0.1, 0.15) is 6.61 Å². The number of fused-ring (bicyclic) bond motifs is 1. The molecule has 0 bridgehead atoms. The Bertz CT molecular complexity index is 946. The lowest BCUT2D eigenvalue weighted by Gasteiger charge is -2.29. The van der Waals surface area contributed by atoms with Crippen molar-refractivity contribution in [3.05, 3.63) is 70.7 Å². The lowest BCUT2D eigenvalue weighted by molar-refractivity contribution is 0.0519. The molecular weight excluding hydrogens is 392 g/mol. The molecule has 3 aromatic rings. The molecule has 1 amide bonds. The first-order valence-corrected chi connectivity index (χ1v) is 10.9. The number of amides is 1. The monoisotopic (exact) mass is 412 g/mol. The minimum Gasteiger partial charge on any atom is -0.486 e. The Morgan fingerprint density at radius 1 is 1.21 bits per heavy atom. The molecule has 0 unspecified atom stereocenters. The number of aromatic nitrogens is 1. The summed E-state index contributed by atoms with van der Waals surface area (Å²) in [6, 6.07) is 15.3. The first kappa shape index (κ1) is 18.8. The van der Waals surface area contributed by atoms with E-state index < -0.39 is 0 Å². The fourth-order valence-corrected chi connectivity index (χ4v) is 4.59. The number of hydrogen-bond donors (Lipinski definition) is 0. The van der Waals surface area contributed by atoms with Crippen molar-refractivity contribution in [3.8, 4) is 11.5 Å². The second-order valence-corrected chi connectivity index (χ2v) is 8.18. The van der Waals surface area contributed by atoms with Gasteiger partial charge in [-0.1, -0.05) is 24.3 Å². The smallest absolute Gasteiger partial charge is 0.254 e. The van der Waals surface area contributed by atoms with E-state index in [1.165, 1.54) is 0 Å². The number of ether oxygens (including phenoxy) is 2. The van der Waals surface area contributed by atoms with Gasteiger partial charge < -0.3 is 14.4 Å². The van der Waals surface area contributed by atoms with Crippen molar-refractivity contribution in [2.45, 2.75) is 16.8 Å². The van der Waals surface area contributed by atoms with Crippen LogP contribution in [0.4, 0.5) is 0 Å². The average Bonchev–Trinajstić information content (AvgIpc) is 3.25. The third kappa shape index (κ3) is 4.31. The van der Waals surface area contributed by atoms with Gasteiger partial charge in [-0.15, -0.1) is 23.1 Å². The summed E-state index contributed by atoms with van der Waals surface area (Å²) in [4.78, 5) is 20.0. The summed E-state index contributed by atoms with van der Waals surface area (Å²) in [5.41, 5.74) is 3.55. The number of thioether (sulfide) groups is 1. The Hall–Kier alpha value is -2.51. The lowest BCUT2D eigenvalue weighted by Crippen LogP contribution is -2.41. The van der Waals surface area contributed by atoms with Gasteiger partial charge in [-0.05, 0) is 24.3 Å². The second-order valence-electron chi connectivity index (χ2n) is 6.45. The van der Waals surface area contributed by atoms with Crippen LogP contribution < -0.4 is 9.47 Å². The fraction of sp³-hybridized carbons (Fsp3) is 0.238. The van der Waals surface area contributed by atoms with Gasteiger partial charge in [-0.2, -0.15) is 0 Å². The van der Waals surface area contributed by atoms with Gasteiger partial charge in [0, 0.05) is 23.1 Å². The van der Waals surface area contributed by atoms with Crippen molar-refractivity contribution in [3.63, 3.8) is 0 Å². The highest BCUT2D eigenvalue weighted by Crippen LogP contribution is 2.31. The van der Waals surface area contributed by atoms with E-state index in [9.17, 15) is 4.79 Å². The first-order valence-electron chi connectivity index (χ1n) is 8.93. The molecule has 0 fully saturated rings. The molecule has 2 heterocycles. The SMILES string of the molecule is CN(C[C@H]1COc2ccccc2O1)C(=O)c1ccccc1SCc1cscn1. The molecule has 144 valence electrons. The third-order valence-electron chi connectivity index (χ3n) is 4.37. The predicted octanol–water partition coefficient (Wildman–Crippen LogP) is 4.35. The number of thiazole rings is 1. The zero-order valence-electron chi connectivity index (χ0n) is 15.4. The molecule has 0 radical (unpaired) electrons. The van der Waals surface area contributed by atoms with Crippen molar-refractivity contribution >= 4 is 29.0 Å². The maximum atomic E-state index is 13.0. The van der Waals surface area contributed by atoms with Gasteiger partial charge in [0.25, 0.3) is 5.91 Å². The maximum Gasteiger partial charge on any atom is 0.254 e. The molecular formula is C21H20N2O3S2. The summed E-state index contributed by atoms with van der Waals surface area (Å²) < 4.78 is 11.7. The molecule has 1 aliphatic heterocycles. The highest BCUT2D eigenvalue weighted by Gasteiger charge is 2.25. The van der Waals surface area contributed by atoms with Crippen LogP contribution in [0.3, 0.4) is 0 Å². The quantitative estimate of drug-likeness (QED) is 0.564. The Morgan fingerprint density at radius 3 is 2.82 bits per heavy atom. The molecule has 1 aromatic heterocycles. The number of carbonyl (C=O) groups is 1. The number of hydrogen-bond acceptors (Lipinski definition) is 6. The van der Waals surface area contributed by atoms with Gasteiger partial charge >= 0.3 is 0 Å². The third-order valence-corrected chi connectivity index (χ3v) is 6.11. The summed E-state index contributed by atoms with van der Waals surface area (Å²) in [6.45, 7) is 0.882. The number of nitrogens with zero attached hydrogens (tertiary/aromatic N) is 2. The van der Waals surface area contributed by atoms with Crippen LogP contribution in [0, 0.1) is 0 Å². The molecule has 1 atom stereocenters. The summed E-state index contributed by atoms with van der Waals surface area (Å²) in [7, 11) is 1.80. The minimum atomic E-state index is -0.196. The molecule has 4 rings (SSSR count). The van der Waals surface area contributed by atoms with Crippen molar-refractivity contribution in [1.29, 1.82) is 0 Å². The van der Waals surface area contributed by atoms with Crippen LogP contribution in [-0.2, 0) is 5.75 Å². The van der Waals surface area contributed by atoms with E-state index in [2.05, 4.69) is 4.98 Å². The maximum absolute atomic E-state index is 13.0. The molecule has 0 spiro atoms. The topological polar surface area (TPSA) is 51.7 Å². The van der Waals surface area contributed by atoms with Crippen LogP contribution in [0.25, 0.3) is 0 Å². The minimum absolute atomic E-state index is 0.0242. The Balaban J connectivity index is 1.41. The van der Waals surface area contributed by atoms with E-state index in [4.69, 9.17) is 9.47 Å². The van der Waals surface area contributed by atoms with Crippen LogP contribution in [-0.4, -0.2) is 42.1 Å². The van der Waals surface area contributed by atoms with Crippen LogP contribution in [0.1, 0.15) is 16.1 Å². The van der Waals surface area contributed by atoms with Gasteiger partial charge in [-0.3, -0.25) is 4.79 Å². The zero-order valence-corrected chi connectivity index (χ0v) is 17.0. The number of rotatable bonds is 6. The standard InChI is InChI=1S/C21H20N2O3S2/c1-23(10-16-11-25-18-7-3-4-8-19(18)26-16)21(24)17-6-2-5-9-20(17)28-13-15-12-27-14-22-15/h2-9,12,14,16H,10-11,13H2,1H3/t16-/m0/s1. The second kappa shape index (κ2) is 8.67. The highest BCUT2D eigenvalue weighted by molar-refractivity contribution is 7.98. The summed E-state index contributed by atoms with van der Waals surface area (Å²) >= 11 is 3.21. The van der Waals surface area contributed by atoms with Crippen molar-refractivity contribution in [2.75, 3.05) is 20.2 Å². The molecule has 0 saturated carbocycles. The van der Waals surface area contributed by atoms with E-state index in [-0.39, 0.29) is 12.0 Å². The molecule has 2 aromatic carbocycles. The number of para-hydroxylation sites is 2. The Morgan fingerprint density at radius 2 is 2.00 bits per heavy atom. The normalized spacial score (nSPS) is 15.2. The van der Waals surface area contributed by atoms with E-state index >= 15 is 0 Å². The zero-order chi connectivity index (χ0) is 19.3. The van der Waals surface area contributed by atoms with Crippen LogP contribution in [0.5, 0.6) is 11.5 Å². The van der Waals surface area contributed by atoms with Crippen molar-refractivity contribution in [2.24, 2.45) is 0 Å². The summed E-state index contributed by atoms with van der Waals surface area (Å²) in [5.74, 6) is 2.19. The average molecular weight is 413 g/mol. The van der Waals surface area contributed by atoms with Gasteiger partial charge in [-0.25, -0.2) is 4.98 Å². The molecule has 0 aliphatic carbocycles. The molecule has 0 N–H and O–H groups in total. The van der Waals surface area contributed by atoms with Crippen molar-refractivity contribution < 1.29 is 14.3 Å². The van der Waals surface area contributed by atoms with Gasteiger partial charge in [0.05, 0.1) is 23.3 Å². The van der Waals surface area contributed by atoms with E-state index in [0.29, 0.717) is 18.7 Å². The summed E-state index contributed by atoms with van der Waals surface area (Å²) in [6.07, 6.45) is -0.196. The summed E-state index contributed by atoms with van der Waals surface area (Å²) in [5, 5.41) is 2.03. The Labute approximate surface area is 172 Å². The van der Waals surface area contributed by atoms with Gasteiger partial charge in [0.2, 0.25) is 0 Å². The number of likely N-dealkylation sites (N-methyl/N-ethyl adjacent to an activating group) is 1. The first-order chi connectivity index (χ1) is 13.7. The van der Waals surface area contributed by atoms with E-state index in [1.807, 2.05) is 59.4 Å². The number of carbonyl (C=O) groups excluding carboxylic acids is 1. The highest BCUT2D eigenvalue weighted by atomic mass is 32.2. The van der Waals surface area contributed by atoms with Crippen LogP contribution in [0.2, 0.25) is 0 Å².